The van der Waals surface area contributed by atoms with Crippen LogP contribution < -0.4 is 10.1 Å². The van der Waals surface area contributed by atoms with Gasteiger partial charge in [0, 0.05) is 12.2 Å². The maximum absolute atomic E-state index is 12.1. The number of nitrogens with one attached hydrogen (secondary N) is 1. The number of methoxy groups -OCH3 is 1. The first-order chi connectivity index (χ1) is 10.6. The Hall–Kier alpha value is -2.08. The van der Waals surface area contributed by atoms with Crippen LogP contribution >= 0.6 is 11.8 Å². The number of hydrogen-bond acceptors (Lipinski definition) is 5. The minimum absolute atomic E-state index is 0.177. The zero-order valence-corrected chi connectivity index (χ0v) is 13.7. The molecule has 6 heteroatoms. The smallest absolute Gasteiger partial charge is 0.270 e. The third kappa shape index (κ3) is 4.46. The lowest BCUT2D eigenvalue weighted by Gasteiger charge is -2.07. The topological polar surface area (TPSA) is 64.1 Å². The Morgan fingerprint density at radius 1 is 1.32 bits per heavy atom. The second-order valence-corrected chi connectivity index (χ2v) is 5.51. The first kappa shape index (κ1) is 16.3. The summed E-state index contributed by atoms with van der Waals surface area (Å²) in [6.07, 6.45) is 2.63. The normalized spacial score (nSPS) is 10.3. The van der Waals surface area contributed by atoms with Gasteiger partial charge in [-0.3, -0.25) is 4.79 Å². The Kier molecular flexibility index (Phi) is 5.77. The number of hydrogen-bond donors (Lipinski definition) is 1. The van der Waals surface area contributed by atoms with E-state index in [1.54, 1.807) is 13.2 Å². The summed E-state index contributed by atoms with van der Waals surface area (Å²) in [7, 11) is 1.64. The molecule has 0 unspecified atom stereocenters. The molecule has 2 aromatic rings. The Labute approximate surface area is 134 Å². The van der Waals surface area contributed by atoms with Crippen LogP contribution in [0, 0.1) is 6.92 Å². The van der Waals surface area contributed by atoms with Crippen molar-refractivity contribution in [1.82, 2.24) is 15.3 Å². The molecule has 0 saturated carbocycles. The van der Waals surface area contributed by atoms with Crippen LogP contribution in [-0.4, -0.2) is 35.8 Å². The van der Waals surface area contributed by atoms with Crippen molar-refractivity contribution >= 4 is 17.7 Å². The van der Waals surface area contributed by atoms with Gasteiger partial charge in [-0.2, -0.15) is 0 Å². The van der Waals surface area contributed by atoms with Crippen molar-refractivity contribution in [3.05, 3.63) is 47.3 Å². The number of carbonyl (C=O) groups is 1. The van der Waals surface area contributed by atoms with E-state index >= 15 is 0 Å². The number of carbonyl (C=O) groups excluding carboxylic acids is 1. The fraction of sp³-hybridized carbons (Fsp3) is 0.312. The molecule has 1 aromatic carbocycles. The van der Waals surface area contributed by atoms with Gasteiger partial charge in [0.15, 0.2) is 5.16 Å². The van der Waals surface area contributed by atoms with E-state index < -0.39 is 0 Å². The van der Waals surface area contributed by atoms with Gasteiger partial charge >= 0.3 is 0 Å². The molecule has 116 valence electrons. The van der Waals surface area contributed by atoms with E-state index in [0.717, 1.165) is 23.4 Å². The lowest BCUT2D eigenvalue weighted by atomic mass is 10.1. The first-order valence-electron chi connectivity index (χ1n) is 6.93. The highest BCUT2D eigenvalue weighted by Gasteiger charge is 2.09. The average molecular weight is 317 g/mol. The molecular formula is C16H19N3O2S. The zero-order chi connectivity index (χ0) is 15.9. The zero-order valence-electron chi connectivity index (χ0n) is 12.9. The van der Waals surface area contributed by atoms with Gasteiger partial charge in [-0.25, -0.2) is 9.97 Å². The standard InChI is InChI=1S/C16H19N3O2S/c1-11-9-14(19-16(18-11)22-3)15(20)17-8-7-12-5-4-6-13(10-12)21-2/h4-6,9-10H,7-8H2,1-3H3,(H,17,20). The Balaban J connectivity index is 1.93. The summed E-state index contributed by atoms with van der Waals surface area (Å²) in [5, 5.41) is 3.49. The summed E-state index contributed by atoms with van der Waals surface area (Å²) in [5.41, 5.74) is 2.31. The maximum Gasteiger partial charge on any atom is 0.270 e. The minimum Gasteiger partial charge on any atom is -0.497 e. The van der Waals surface area contributed by atoms with Gasteiger partial charge in [-0.05, 0) is 43.4 Å². The van der Waals surface area contributed by atoms with Crippen LogP contribution in [0.1, 0.15) is 21.7 Å². The molecule has 0 bridgehead atoms. The monoisotopic (exact) mass is 317 g/mol. The quantitative estimate of drug-likeness (QED) is 0.655. The summed E-state index contributed by atoms with van der Waals surface area (Å²) in [5.74, 6) is 0.642. The van der Waals surface area contributed by atoms with Crippen molar-refractivity contribution in [2.45, 2.75) is 18.5 Å². The molecule has 1 amide bonds. The summed E-state index contributed by atoms with van der Waals surface area (Å²) in [4.78, 5) is 20.6. The van der Waals surface area contributed by atoms with E-state index in [9.17, 15) is 4.79 Å². The average Bonchev–Trinajstić information content (AvgIpc) is 2.54. The van der Waals surface area contributed by atoms with Gasteiger partial charge in [0.1, 0.15) is 11.4 Å². The van der Waals surface area contributed by atoms with Crippen LogP contribution in [0.15, 0.2) is 35.5 Å². The molecule has 0 atom stereocenters. The van der Waals surface area contributed by atoms with Crippen molar-refractivity contribution in [3.8, 4) is 5.75 Å². The highest BCUT2D eigenvalue weighted by atomic mass is 32.2. The second kappa shape index (κ2) is 7.79. The Bertz CT molecular complexity index is 662. The van der Waals surface area contributed by atoms with Gasteiger partial charge in [-0.1, -0.05) is 23.9 Å². The molecule has 2 rings (SSSR count). The molecule has 0 aliphatic rings. The van der Waals surface area contributed by atoms with Crippen molar-refractivity contribution in [1.29, 1.82) is 0 Å². The van der Waals surface area contributed by atoms with Crippen LogP contribution in [-0.2, 0) is 6.42 Å². The van der Waals surface area contributed by atoms with Crippen LogP contribution in [0.5, 0.6) is 5.75 Å². The van der Waals surface area contributed by atoms with E-state index in [2.05, 4.69) is 15.3 Å². The van der Waals surface area contributed by atoms with E-state index in [4.69, 9.17) is 4.74 Å². The molecule has 0 saturated heterocycles. The Morgan fingerprint density at radius 3 is 2.86 bits per heavy atom. The molecule has 0 spiro atoms. The van der Waals surface area contributed by atoms with Crippen molar-refractivity contribution in [2.24, 2.45) is 0 Å². The second-order valence-electron chi connectivity index (χ2n) is 4.74. The molecule has 1 N–H and O–H groups in total. The molecule has 0 radical (unpaired) electrons. The van der Waals surface area contributed by atoms with Crippen LogP contribution in [0.2, 0.25) is 0 Å². The molecule has 0 fully saturated rings. The summed E-state index contributed by atoms with van der Waals surface area (Å²) >= 11 is 1.42. The number of thioether (sulfide) groups is 1. The minimum atomic E-state index is -0.177. The van der Waals surface area contributed by atoms with Gasteiger partial charge in [0.05, 0.1) is 7.11 Å². The molecule has 22 heavy (non-hydrogen) atoms. The molecule has 0 aliphatic heterocycles. The van der Waals surface area contributed by atoms with Crippen LogP contribution in [0.3, 0.4) is 0 Å². The van der Waals surface area contributed by atoms with Crippen LogP contribution in [0.25, 0.3) is 0 Å². The summed E-state index contributed by atoms with van der Waals surface area (Å²) < 4.78 is 5.18. The fourth-order valence-electron chi connectivity index (χ4n) is 1.99. The number of nitrogens with zero attached hydrogens (tertiary/aromatic N) is 2. The van der Waals surface area contributed by atoms with Gasteiger partial charge < -0.3 is 10.1 Å². The number of rotatable bonds is 6. The maximum atomic E-state index is 12.1. The van der Waals surface area contributed by atoms with Crippen molar-refractivity contribution < 1.29 is 9.53 Å². The highest BCUT2D eigenvalue weighted by molar-refractivity contribution is 7.98. The molecule has 1 heterocycles. The van der Waals surface area contributed by atoms with E-state index in [1.807, 2.05) is 37.4 Å². The van der Waals surface area contributed by atoms with Gasteiger partial charge in [-0.15, -0.1) is 0 Å². The number of benzene rings is 1. The first-order valence-corrected chi connectivity index (χ1v) is 8.15. The number of ether oxygens (including phenoxy) is 1. The predicted octanol–water partition coefficient (Wildman–Crippen LogP) is 2.49. The molecule has 1 aromatic heterocycles. The number of aryl methyl sites for hydroxylation is 1. The van der Waals surface area contributed by atoms with E-state index in [1.165, 1.54) is 11.8 Å². The number of aromatic nitrogens is 2. The van der Waals surface area contributed by atoms with Crippen molar-refractivity contribution in [2.75, 3.05) is 19.9 Å². The fourth-order valence-corrected chi connectivity index (χ4v) is 2.41. The molecular weight excluding hydrogens is 298 g/mol. The Morgan fingerprint density at radius 2 is 2.14 bits per heavy atom. The third-order valence-electron chi connectivity index (χ3n) is 3.08. The van der Waals surface area contributed by atoms with E-state index in [0.29, 0.717) is 17.4 Å². The molecule has 0 aliphatic carbocycles. The number of amides is 1. The lowest BCUT2D eigenvalue weighted by Crippen LogP contribution is -2.27. The molecule has 5 nitrogen and oxygen atoms in total. The van der Waals surface area contributed by atoms with Gasteiger partial charge in [0.25, 0.3) is 5.91 Å². The van der Waals surface area contributed by atoms with Gasteiger partial charge in [0.2, 0.25) is 0 Å². The largest absolute Gasteiger partial charge is 0.497 e. The summed E-state index contributed by atoms with van der Waals surface area (Å²) in [6, 6.07) is 9.51. The highest BCUT2D eigenvalue weighted by Crippen LogP contribution is 2.13. The SMILES string of the molecule is COc1cccc(CCNC(=O)c2cc(C)nc(SC)n2)c1. The lowest BCUT2D eigenvalue weighted by molar-refractivity contribution is 0.0948. The third-order valence-corrected chi connectivity index (χ3v) is 3.63. The van der Waals surface area contributed by atoms with E-state index in [-0.39, 0.29) is 5.91 Å². The van der Waals surface area contributed by atoms with Crippen molar-refractivity contribution in [3.63, 3.8) is 0 Å². The van der Waals surface area contributed by atoms with Crippen LogP contribution in [0.4, 0.5) is 0 Å². The predicted molar refractivity (Wildman–Crippen MR) is 87.6 cm³/mol. The summed E-state index contributed by atoms with van der Waals surface area (Å²) in [6.45, 7) is 2.40.